The zero-order chi connectivity index (χ0) is 33.7. The Morgan fingerprint density at radius 2 is 0.875 bits per heavy atom. The molecule has 4 aromatic heterocycles. The molecule has 7 aromatic rings. The second-order valence-corrected chi connectivity index (χ2v) is 11.5. The molecule has 10 heteroatoms. The fraction of sp³-hybridized carbons (Fsp3) is 0.158. The summed E-state index contributed by atoms with van der Waals surface area (Å²) >= 11 is 0. The fourth-order valence-corrected chi connectivity index (χ4v) is 6.45. The van der Waals surface area contributed by atoms with Gasteiger partial charge in [0.15, 0.2) is 11.3 Å². The third-order valence-corrected chi connectivity index (χ3v) is 8.59. The van der Waals surface area contributed by atoms with E-state index in [0.29, 0.717) is 56.3 Å². The van der Waals surface area contributed by atoms with Crippen LogP contribution in [0, 0.1) is 27.7 Å². The SMILES string of the molecule is COC(=O)c1c(C)nc2c(c(C)nn2-c2ccccc2)c1-c1ccc(-c2c(C(=O)OC)c(C)nc3c2c(C)nn3-c2ccccc2)cc1. The quantitative estimate of drug-likeness (QED) is 0.175. The number of aromatic nitrogens is 6. The summed E-state index contributed by atoms with van der Waals surface area (Å²) in [5, 5.41) is 11.2. The molecule has 0 radical (unpaired) electrons. The summed E-state index contributed by atoms with van der Waals surface area (Å²) < 4.78 is 14.1. The molecule has 0 aliphatic heterocycles. The molecule has 10 nitrogen and oxygen atoms in total. The highest BCUT2D eigenvalue weighted by molar-refractivity contribution is 6.10. The first-order chi connectivity index (χ1) is 23.2. The largest absolute Gasteiger partial charge is 0.465 e. The molecule has 0 saturated carbocycles. The molecule has 0 aliphatic carbocycles. The van der Waals surface area contributed by atoms with Crippen LogP contribution in [0.1, 0.15) is 43.5 Å². The first kappa shape index (κ1) is 30.5. The number of carbonyl (C=O) groups excluding carboxylic acids is 2. The predicted octanol–water partition coefficient (Wildman–Crippen LogP) is 7.30. The van der Waals surface area contributed by atoms with Crippen molar-refractivity contribution in [3.8, 4) is 33.6 Å². The van der Waals surface area contributed by atoms with Crippen LogP contribution in [-0.4, -0.2) is 55.7 Å². The summed E-state index contributed by atoms with van der Waals surface area (Å²) in [5.41, 5.74) is 9.07. The Balaban J connectivity index is 1.48. The number of nitrogens with zero attached hydrogens (tertiary/aromatic N) is 6. The molecule has 7 rings (SSSR count). The van der Waals surface area contributed by atoms with E-state index in [9.17, 15) is 9.59 Å². The van der Waals surface area contributed by atoms with Crippen molar-refractivity contribution >= 4 is 34.0 Å². The highest BCUT2D eigenvalue weighted by Crippen LogP contribution is 2.40. The van der Waals surface area contributed by atoms with Gasteiger partial charge in [-0.1, -0.05) is 60.7 Å². The van der Waals surface area contributed by atoms with Crippen molar-refractivity contribution in [3.63, 3.8) is 0 Å². The minimum absolute atomic E-state index is 0.367. The number of esters is 2. The van der Waals surface area contributed by atoms with Crippen LogP contribution < -0.4 is 0 Å². The van der Waals surface area contributed by atoms with Crippen molar-refractivity contribution in [3.05, 3.63) is 119 Å². The van der Waals surface area contributed by atoms with E-state index in [2.05, 4.69) is 0 Å². The molecule has 0 bridgehead atoms. The zero-order valence-corrected chi connectivity index (χ0v) is 27.4. The molecule has 0 unspecified atom stereocenters. The lowest BCUT2D eigenvalue weighted by Gasteiger charge is -2.16. The highest BCUT2D eigenvalue weighted by Gasteiger charge is 2.28. The van der Waals surface area contributed by atoms with E-state index in [-0.39, 0.29) is 0 Å². The number of aryl methyl sites for hydroxylation is 4. The molecule has 0 amide bonds. The van der Waals surface area contributed by atoms with Crippen molar-refractivity contribution < 1.29 is 19.1 Å². The number of fused-ring (bicyclic) bond motifs is 2. The monoisotopic (exact) mass is 636 g/mol. The first-order valence-corrected chi connectivity index (χ1v) is 15.4. The molecule has 0 spiro atoms. The van der Waals surface area contributed by atoms with Gasteiger partial charge in [0.25, 0.3) is 0 Å². The van der Waals surface area contributed by atoms with E-state index in [1.54, 1.807) is 23.2 Å². The molecular weight excluding hydrogens is 604 g/mol. The Labute approximate surface area is 276 Å². The van der Waals surface area contributed by atoms with Crippen molar-refractivity contribution in [2.45, 2.75) is 27.7 Å². The first-order valence-electron chi connectivity index (χ1n) is 15.4. The van der Waals surface area contributed by atoms with Gasteiger partial charge in [0, 0.05) is 11.1 Å². The summed E-state index contributed by atoms with van der Waals surface area (Å²) in [5.74, 6) is -0.979. The minimum atomic E-state index is -0.490. The van der Waals surface area contributed by atoms with Gasteiger partial charge < -0.3 is 9.47 Å². The summed E-state index contributed by atoms with van der Waals surface area (Å²) in [6.45, 7) is 7.41. The van der Waals surface area contributed by atoms with Crippen LogP contribution in [0.4, 0.5) is 0 Å². The van der Waals surface area contributed by atoms with E-state index in [1.165, 1.54) is 14.2 Å². The Hall–Kier alpha value is -6.16. The standard InChI is InChI=1S/C38H32N6O4/c1-21-31(37(45)47-5)33(29-23(3)41-43(35(29)39-21)27-13-9-7-10-14-27)25-17-19-26(20-18-25)34-30-24(4)42-44(28-15-11-8-12-16-28)36(30)40-22(2)32(34)38(46)48-6/h7-20H,1-6H3. The lowest BCUT2D eigenvalue weighted by molar-refractivity contribution is 0.0591. The Morgan fingerprint density at radius 1 is 0.521 bits per heavy atom. The number of benzene rings is 3. The number of rotatable bonds is 6. The van der Waals surface area contributed by atoms with Crippen molar-refractivity contribution in [1.29, 1.82) is 0 Å². The topological polar surface area (TPSA) is 114 Å². The van der Waals surface area contributed by atoms with Gasteiger partial charge in [-0.05, 0) is 63.1 Å². The van der Waals surface area contributed by atoms with Gasteiger partial charge in [0.2, 0.25) is 0 Å². The van der Waals surface area contributed by atoms with Crippen LogP contribution in [0.15, 0.2) is 84.9 Å². The maximum Gasteiger partial charge on any atom is 0.340 e. The molecule has 0 aliphatic rings. The number of para-hydroxylation sites is 2. The molecule has 0 N–H and O–H groups in total. The van der Waals surface area contributed by atoms with Gasteiger partial charge in [-0.15, -0.1) is 0 Å². The summed E-state index contributed by atoms with van der Waals surface area (Å²) in [7, 11) is 2.73. The normalized spacial score (nSPS) is 11.3. The molecule has 238 valence electrons. The molecule has 0 saturated heterocycles. The van der Waals surface area contributed by atoms with Gasteiger partial charge in [-0.25, -0.2) is 28.9 Å². The van der Waals surface area contributed by atoms with Crippen LogP contribution in [0.25, 0.3) is 55.7 Å². The Kier molecular flexibility index (Phi) is 7.55. The Bertz CT molecular complexity index is 2210. The van der Waals surface area contributed by atoms with Crippen molar-refractivity contribution in [1.82, 2.24) is 29.5 Å². The van der Waals surface area contributed by atoms with Crippen LogP contribution in [0.2, 0.25) is 0 Å². The second kappa shape index (κ2) is 11.9. The smallest absolute Gasteiger partial charge is 0.340 e. The molecule has 48 heavy (non-hydrogen) atoms. The number of methoxy groups -OCH3 is 2. The summed E-state index contributed by atoms with van der Waals surface area (Å²) in [4.78, 5) is 36.3. The van der Waals surface area contributed by atoms with Crippen molar-refractivity contribution in [2.75, 3.05) is 14.2 Å². The van der Waals surface area contributed by atoms with Crippen LogP contribution >= 0.6 is 0 Å². The average Bonchev–Trinajstić information content (AvgIpc) is 3.62. The van der Waals surface area contributed by atoms with Crippen LogP contribution in [0.3, 0.4) is 0 Å². The molecule has 4 heterocycles. The van der Waals surface area contributed by atoms with Gasteiger partial charge in [0.1, 0.15) is 0 Å². The molecule has 0 atom stereocenters. The number of hydrogen-bond acceptors (Lipinski definition) is 8. The van der Waals surface area contributed by atoms with Gasteiger partial charge in [0.05, 0.1) is 70.3 Å². The predicted molar refractivity (Wildman–Crippen MR) is 184 cm³/mol. The molecule has 0 fully saturated rings. The van der Waals surface area contributed by atoms with E-state index in [1.807, 2.05) is 98.8 Å². The Morgan fingerprint density at radius 3 is 1.21 bits per heavy atom. The lowest BCUT2D eigenvalue weighted by Crippen LogP contribution is -2.10. The molecule has 3 aromatic carbocycles. The summed E-state index contributed by atoms with van der Waals surface area (Å²) in [6, 6.07) is 27.3. The van der Waals surface area contributed by atoms with Crippen molar-refractivity contribution in [2.24, 2.45) is 0 Å². The van der Waals surface area contributed by atoms with E-state index in [4.69, 9.17) is 29.6 Å². The minimum Gasteiger partial charge on any atom is -0.465 e. The number of carbonyl (C=O) groups is 2. The van der Waals surface area contributed by atoms with E-state index < -0.39 is 11.9 Å². The van der Waals surface area contributed by atoms with Gasteiger partial charge in [-0.2, -0.15) is 10.2 Å². The van der Waals surface area contributed by atoms with Crippen LogP contribution in [0.5, 0.6) is 0 Å². The second-order valence-electron chi connectivity index (χ2n) is 11.5. The van der Waals surface area contributed by atoms with E-state index in [0.717, 1.165) is 33.3 Å². The maximum absolute atomic E-state index is 13.3. The lowest BCUT2D eigenvalue weighted by atomic mass is 9.91. The average molecular weight is 637 g/mol. The van der Waals surface area contributed by atoms with Gasteiger partial charge >= 0.3 is 11.9 Å². The third kappa shape index (κ3) is 4.80. The third-order valence-electron chi connectivity index (χ3n) is 8.59. The highest BCUT2D eigenvalue weighted by atomic mass is 16.5. The maximum atomic E-state index is 13.3. The number of pyridine rings is 2. The van der Waals surface area contributed by atoms with Gasteiger partial charge in [-0.3, -0.25) is 0 Å². The number of hydrogen-bond donors (Lipinski definition) is 0. The zero-order valence-electron chi connectivity index (χ0n) is 27.4. The van der Waals surface area contributed by atoms with E-state index >= 15 is 0 Å². The van der Waals surface area contributed by atoms with Crippen LogP contribution in [-0.2, 0) is 9.47 Å². The summed E-state index contributed by atoms with van der Waals surface area (Å²) in [6.07, 6.45) is 0. The molecular formula is C38H32N6O4. The fourth-order valence-electron chi connectivity index (χ4n) is 6.45. The number of ether oxygens (including phenoxy) is 2.